The van der Waals surface area contributed by atoms with E-state index in [0.29, 0.717) is 0 Å². The van der Waals surface area contributed by atoms with Crippen LogP contribution in [0.15, 0.2) is 18.3 Å². The molecule has 0 spiro atoms. The van der Waals surface area contributed by atoms with Gasteiger partial charge in [-0.1, -0.05) is 13.3 Å². The molecule has 1 aliphatic rings. The second-order valence-electron chi connectivity index (χ2n) is 4.80. The molecule has 0 saturated heterocycles. The van der Waals surface area contributed by atoms with Crippen LogP contribution in [-0.2, 0) is 0 Å². The molecule has 1 aromatic heterocycles. The first kappa shape index (κ1) is 13.0. The standard InChI is InChI=1S/C14H18FN3/c1-2-12(14-7-6-11(15)9-17-14)18-13-5-3-4-10(13)8-16/h6-7,9-10,12-13,18H,2-5H2,1H3. The average Bonchev–Trinajstić information content (AvgIpc) is 2.84. The van der Waals surface area contributed by atoms with E-state index in [9.17, 15) is 4.39 Å². The zero-order valence-corrected chi connectivity index (χ0v) is 10.6. The lowest BCUT2D eigenvalue weighted by Gasteiger charge is -2.23. The topological polar surface area (TPSA) is 48.7 Å². The third kappa shape index (κ3) is 2.85. The van der Waals surface area contributed by atoms with Crippen LogP contribution in [0.3, 0.4) is 0 Å². The normalized spacial score (nSPS) is 24.7. The van der Waals surface area contributed by atoms with E-state index < -0.39 is 0 Å². The molecule has 1 N–H and O–H groups in total. The highest BCUT2D eigenvalue weighted by atomic mass is 19.1. The molecule has 3 nitrogen and oxygen atoms in total. The van der Waals surface area contributed by atoms with Crippen molar-refractivity contribution in [1.29, 1.82) is 5.26 Å². The van der Waals surface area contributed by atoms with Crippen LogP contribution in [0, 0.1) is 23.1 Å². The molecule has 3 unspecified atom stereocenters. The Bertz CT molecular complexity index is 424. The van der Waals surface area contributed by atoms with E-state index in [1.807, 2.05) is 0 Å². The summed E-state index contributed by atoms with van der Waals surface area (Å²) in [5, 5.41) is 12.6. The van der Waals surface area contributed by atoms with Gasteiger partial charge in [-0.05, 0) is 31.4 Å². The van der Waals surface area contributed by atoms with Crippen molar-refractivity contribution in [3.05, 3.63) is 29.8 Å². The molecule has 4 heteroatoms. The van der Waals surface area contributed by atoms with Crippen LogP contribution in [0.5, 0.6) is 0 Å². The van der Waals surface area contributed by atoms with E-state index in [-0.39, 0.29) is 23.8 Å². The zero-order valence-electron chi connectivity index (χ0n) is 10.6. The summed E-state index contributed by atoms with van der Waals surface area (Å²) in [5.41, 5.74) is 0.850. The van der Waals surface area contributed by atoms with Crippen molar-refractivity contribution in [2.45, 2.75) is 44.7 Å². The maximum atomic E-state index is 12.8. The molecule has 2 rings (SSSR count). The average molecular weight is 247 g/mol. The number of nitrogens with zero attached hydrogens (tertiary/aromatic N) is 2. The highest BCUT2D eigenvalue weighted by Crippen LogP contribution is 2.28. The van der Waals surface area contributed by atoms with Gasteiger partial charge in [0.25, 0.3) is 0 Å². The van der Waals surface area contributed by atoms with E-state index in [1.54, 1.807) is 6.07 Å². The van der Waals surface area contributed by atoms with Gasteiger partial charge in [0.2, 0.25) is 0 Å². The van der Waals surface area contributed by atoms with Crippen LogP contribution >= 0.6 is 0 Å². The Hall–Kier alpha value is -1.47. The zero-order chi connectivity index (χ0) is 13.0. The van der Waals surface area contributed by atoms with Crippen molar-refractivity contribution in [2.24, 2.45) is 5.92 Å². The number of hydrogen-bond acceptors (Lipinski definition) is 3. The highest BCUT2D eigenvalue weighted by molar-refractivity contribution is 5.11. The van der Waals surface area contributed by atoms with Crippen LogP contribution in [0.1, 0.15) is 44.3 Å². The fourth-order valence-electron chi connectivity index (χ4n) is 2.58. The van der Waals surface area contributed by atoms with E-state index in [4.69, 9.17) is 5.26 Å². The Kier molecular flexibility index (Phi) is 4.27. The lowest BCUT2D eigenvalue weighted by Crippen LogP contribution is -2.35. The van der Waals surface area contributed by atoms with E-state index in [1.165, 1.54) is 12.3 Å². The Morgan fingerprint density at radius 3 is 3.00 bits per heavy atom. The Labute approximate surface area is 107 Å². The first-order valence-corrected chi connectivity index (χ1v) is 6.51. The van der Waals surface area contributed by atoms with Gasteiger partial charge in [0, 0.05) is 12.1 Å². The second kappa shape index (κ2) is 5.92. The van der Waals surface area contributed by atoms with Crippen molar-refractivity contribution < 1.29 is 4.39 Å². The summed E-state index contributed by atoms with van der Waals surface area (Å²) in [7, 11) is 0. The molecule has 1 saturated carbocycles. The molecule has 1 aromatic rings. The van der Waals surface area contributed by atoms with Crippen molar-refractivity contribution in [1.82, 2.24) is 10.3 Å². The van der Waals surface area contributed by atoms with E-state index in [0.717, 1.165) is 31.4 Å². The molecule has 18 heavy (non-hydrogen) atoms. The summed E-state index contributed by atoms with van der Waals surface area (Å²) >= 11 is 0. The number of nitriles is 1. The van der Waals surface area contributed by atoms with Crippen molar-refractivity contribution in [3.63, 3.8) is 0 Å². The molecule has 3 atom stereocenters. The number of nitrogens with one attached hydrogen (secondary N) is 1. The lowest BCUT2D eigenvalue weighted by atomic mass is 10.0. The quantitative estimate of drug-likeness (QED) is 0.889. The molecule has 1 aliphatic carbocycles. The molecule has 0 radical (unpaired) electrons. The number of rotatable bonds is 4. The summed E-state index contributed by atoms with van der Waals surface area (Å²) < 4.78 is 12.8. The van der Waals surface area contributed by atoms with Gasteiger partial charge in [0.15, 0.2) is 0 Å². The molecule has 0 bridgehead atoms. The SMILES string of the molecule is CCC(NC1CCCC1C#N)c1ccc(F)cn1. The van der Waals surface area contributed by atoms with Gasteiger partial charge in [-0.25, -0.2) is 4.39 Å². The van der Waals surface area contributed by atoms with Crippen LogP contribution in [0.4, 0.5) is 4.39 Å². The third-order valence-corrected chi connectivity index (χ3v) is 3.61. The fourth-order valence-corrected chi connectivity index (χ4v) is 2.58. The molecule has 0 aromatic carbocycles. The second-order valence-corrected chi connectivity index (χ2v) is 4.80. The van der Waals surface area contributed by atoms with Crippen molar-refractivity contribution >= 4 is 0 Å². The Morgan fingerprint density at radius 1 is 1.56 bits per heavy atom. The highest BCUT2D eigenvalue weighted by Gasteiger charge is 2.29. The molecule has 0 aliphatic heterocycles. The molecule has 96 valence electrons. The number of pyridine rings is 1. The first-order chi connectivity index (χ1) is 8.74. The molecule has 0 amide bonds. The maximum absolute atomic E-state index is 12.8. The van der Waals surface area contributed by atoms with Gasteiger partial charge in [0.05, 0.1) is 23.9 Å². The minimum Gasteiger partial charge on any atom is -0.305 e. The summed E-state index contributed by atoms with van der Waals surface area (Å²) in [6.07, 6.45) is 5.24. The summed E-state index contributed by atoms with van der Waals surface area (Å²) in [6, 6.07) is 5.85. The number of halogens is 1. The smallest absolute Gasteiger partial charge is 0.141 e. The fraction of sp³-hybridized carbons (Fsp3) is 0.571. The predicted molar refractivity (Wildman–Crippen MR) is 67.1 cm³/mol. The van der Waals surface area contributed by atoms with E-state index in [2.05, 4.69) is 23.3 Å². The van der Waals surface area contributed by atoms with Crippen LogP contribution < -0.4 is 5.32 Å². The first-order valence-electron chi connectivity index (χ1n) is 6.51. The monoisotopic (exact) mass is 247 g/mol. The molecular formula is C14H18FN3. The molecular weight excluding hydrogens is 229 g/mol. The van der Waals surface area contributed by atoms with Gasteiger partial charge in [-0.15, -0.1) is 0 Å². The molecule has 1 heterocycles. The lowest BCUT2D eigenvalue weighted by molar-refractivity contribution is 0.388. The van der Waals surface area contributed by atoms with Gasteiger partial charge >= 0.3 is 0 Å². The van der Waals surface area contributed by atoms with Crippen LogP contribution in [0.25, 0.3) is 0 Å². The minimum absolute atomic E-state index is 0.0968. The maximum Gasteiger partial charge on any atom is 0.141 e. The number of aromatic nitrogens is 1. The van der Waals surface area contributed by atoms with Crippen LogP contribution in [0.2, 0.25) is 0 Å². The summed E-state index contributed by atoms with van der Waals surface area (Å²) in [6.45, 7) is 2.07. The Morgan fingerprint density at radius 2 is 2.39 bits per heavy atom. The van der Waals surface area contributed by atoms with Gasteiger partial charge < -0.3 is 5.32 Å². The molecule has 1 fully saturated rings. The van der Waals surface area contributed by atoms with Gasteiger partial charge in [-0.3, -0.25) is 4.98 Å². The third-order valence-electron chi connectivity index (χ3n) is 3.61. The Balaban J connectivity index is 2.05. The predicted octanol–water partition coefficient (Wildman–Crippen LogP) is 2.95. The summed E-state index contributed by atoms with van der Waals surface area (Å²) in [5.74, 6) is -0.219. The van der Waals surface area contributed by atoms with Gasteiger partial charge in [0.1, 0.15) is 5.82 Å². The van der Waals surface area contributed by atoms with Crippen molar-refractivity contribution in [2.75, 3.05) is 0 Å². The van der Waals surface area contributed by atoms with E-state index >= 15 is 0 Å². The minimum atomic E-state index is -0.315. The number of hydrogen-bond donors (Lipinski definition) is 1. The van der Waals surface area contributed by atoms with Crippen LogP contribution in [-0.4, -0.2) is 11.0 Å². The van der Waals surface area contributed by atoms with Crippen molar-refractivity contribution in [3.8, 4) is 6.07 Å². The largest absolute Gasteiger partial charge is 0.305 e. The van der Waals surface area contributed by atoms with Gasteiger partial charge in [-0.2, -0.15) is 5.26 Å². The summed E-state index contributed by atoms with van der Waals surface area (Å²) in [4.78, 5) is 4.12.